The second kappa shape index (κ2) is 37.4. The molecule has 0 aliphatic rings. The summed E-state index contributed by atoms with van der Waals surface area (Å²) in [6.07, 6.45) is 0. The van der Waals surface area contributed by atoms with Crippen LogP contribution < -0.4 is 0 Å². The summed E-state index contributed by atoms with van der Waals surface area (Å²) in [7, 11) is 1.07. The molecule has 0 fully saturated rings. The van der Waals surface area contributed by atoms with Crippen LogP contribution in [0.4, 0.5) is 0 Å². The predicted molar refractivity (Wildman–Crippen MR) is 49.8 cm³/mol. The van der Waals surface area contributed by atoms with Crippen LogP contribution >= 0.6 is 0 Å². The Morgan fingerprint density at radius 2 is 0.325 bits per heavy atom. The lowest BCUT2D eigenvalue weighted by atomic mass is 11.8. The van der Waals surface area contributed by atoms with Crippen molar-refractivity contribution in [2.24, 2.45) is 0 Å². The van der Waals surface area contributed by atoms with Gasteiger partial charge in [0.2, 0.25) is 0 Å². The molecule has 0 amide bonds. The molecule has 0 spiro atoms. The van der Waals surface area contributed by atoms with Gasteiger partial charge in [0, 0.05) is 106 Å². The molecule has 0 aromatic heterocycles. The monoisotopic (exact) mass is 640 g/mol. The molecule has 0 aliphatic heterocycles. The first kappa shape index (κ1) is 38.4. The predicted octanol–water partition coefficient (Wildman–Crippen LogP) is -2.42. The summed E-state index contributed by atoms with van der Waals surface area (Å²) >= 11 is 0. The van der Waals surface area contributed by atoms with E-state index < -0.39 is 0 Å². The summed E-state index contributed by atoms with van der Waals surface area (Å²) < 4.78 is 0. The van der Waals surface area contributed by atoms with Gasteiger partial charge in [0.15, 0.2) is 0 Å². The zero-order valence-corrected chi connectivity index (χ0v) is 17.0. The molecule has 0 aromatic carbocycles. The first-order chi connectivity index (χ1) is 19.9. The maximum atomic E-state index is 7.55. The van der Waals surface area contributed by atoms with Crippen molar-refractivity contribution in [1.29, 1.82) is 0 Å². The third kappa shape index (κ3) is 36.4. The summed E-state index contributed by atoms with van der Waals surface area (Å²) in [5.41, 5.74) is 0. The van der Waals surface area contributed by atoms with E-state index in [-0.39, 0.29) is 0 Å². The van der Waals surface area contributed by atoms with E-state index in [1.54, 1.807) is 0 Å². The molecule has 0 atom stereocenters. The molecular formula is CH4O39. The minimum atomic E-state index is 1.07. The highest BCUT2D eigenvalue weighted by Crippen LogP contribution is 1.96. The highest BCUT2D eigenvalue weighted by molar-refractivity contribution is 3.35. The minimum absolute atomic E-state index is 1.07. The number of rotatable bonds is 37. The Morgan fingerprint density at radius 1 is 0.200 bits per heavy atom. The van der Waals surface area contributed by atoms with E-state index >= 15 is 0 Å². The normalized spacial score (nSPS) is 11.6. The molecule has 0 heterocycles. The van der Waals surface area contributed by atoms with Crippen molar-refractivity contribution < 1.29 is 197 Å². The SMILES string of the molecule is COOOOOOOOOOOOOOOOOOOOOOOOOOOOOOOOOOOOOOO. The molecule has 0 saturated carbocycles. The van der Waals surface area contributed by atoms with Gasteiger partial charge in [0.05, 0.1) is 7.11 Å². The van der Waals surface area contributed by atoms with Crippen LogP contribution in [0, 0.1) is 0 Å². The third-order valence-corrected chi connectivity index (χ3v) is 1.07. The van der Waals surface area contributed by atoms with E-state index in [1.807, 2.05) is 0 Å². The molecule has 0 rings (SSSR count). The van der Waals surface area contributed by atoms with Gasteiger partial charge in [-0.3, -0.25) is 0 Å². The van der Waals surface area contributed by atoms with Gasteiger partial charge in [0.25, 0.3) is 0 Å². The molecule has 40 heavy (non-hydrogen) atoms. The van der Waals surface area contributed by atoms with Crippen LogP contribution in [-0.2, 0) is 191 Å². The first-order valence-electron chi connectivity index (χ1n) is 6.76. The van der Waals surface area contributed by atoms with Gasteiger partial charge < -0.3 is 0 Å². The third-order valence-electron chi connectivity index (χ3n) is 1.07. The Morgan fingerprint density at radius 3 is 0.450 bits per heavy atom. The summed E-state index contributed by atoms with van der Waals surface area (Å²) in [4.78, 5) is 3.87. The Kier molecular flexibility index (Phi) is 36.0. The Labute approximate surface area is 205 Å². The molecular weight excluding hydrogens is 636 g/mol. The van der Waals surface area contributed by atoms with Crippen LogP contribution in [0.1, 0.15) is 0 Å². The Balaban J connectivity index is 3.01. The summed E-state index contributed by atoms with van der Waals surface area (Å²) in [6, 6.07) is 0. The average Bonchev–Trinajstić information content (AvgIpc) is 2.97. The fourth-order valence-corrected chi connectivity index (χ4v) is 0.426. The van der Waals surface area contributed by atoms with Crippen molar-refractivity contribution in [1.82, 2.24) is 0 Å². The van der Waals surface area contributed by atoms with E-state index in [9.17, 15) is 0 Å². The van der Waals surface area contributed by atoms with Gasteiger partial charge in [-0.25, -0.2) is 10.1 Å². The van der Waals surface area contributed by atoms with E-state index in [0.717, 1.165) is 7.11 Å². The molecule has 1 N–H and O–H groups in total. The molecule has 0 radical (unpaired) electrons. The van der Waals surface area contributed by atoms with Crippen LogP contribution in [-0.4, -0.2) is 12.4 Å². The second-order valence-corrected chi connectivity index (χ2v) is 2.69. The van der Waals surface area contributed by atoms with Crippen molar-refractivity contribution in [2.75, 3.05) is 7.11 Å². The van der Waals surface area contributed by atoms with Crippen LogP contribution in [0.15, 0.2) is 0 Å². The van der Waals surface area contributed by atoms with Crippen LogP contribution in [0.2, 0.25) is 0 Å². The molecule has 242 valence electrons. The molecule has 0 aliphatic carbocycles. The summed E-state index contributed by atoms with van der Waals surface area (Å²) in [6.45, 7) is 0. The van der Waals surface area contributed by atoms with Crippen molar-refractivity contribution in [2.45, 2.75) is 0 Å². The fraction of sp³-hybridized carbons (Fsp3) is 1.00. The lowest BCUT2D eigenvalue weighted by Crippen LogP contribution is -2.06. The van der Waals surface area contributed by atoms with Gasteiger partial charge in [-0.15, -0.1) is 0 Å². The average molecular weight is 640 g/mol. The summed E-state index contributed by atoms with van der Waals surface area (Å²) in [5, 5.41) is 136. The largest absolute Gasteiger partial charge is 0.219 e. The Hall–Kier alpha value is -1.56. The lowest BCUT2D eigenvalue weighted by Gasteiger charge is -1.99. The van der Waals surface area contributed by atoms with Gasteiger partial charge >= 0.3 is 0 Å². The van der Waals surface area contributed by atoms with Crippen molar-refractivity contribution >= 4 is 0 Å². The number of hydrogen-bond donors (Lipinski definition) is 1. The van der Waals surface area contributed by atoms with Crippen LogP contribution in [0.25, 0.3) is 0 Å². The second-order valence-electron chi connectivity index (χ2n) is 2.69. The van der Waals surface area contributed by atoms with Crippen LogP contribution in [0.3, 0.4) is 0 Å². The van der Waals surface area contributed by atoms with Gasteiger partial charge in [-0.1, -0.05) is 0 Å². The molecule has 39 heteroatoms. The maximum Gasteiger partial charge on any atom is 0.0745 e. The van der Waals surface area contributed by atoms with E-state index in [2.05, 4.69) is 191 Å². The first-order valence-corrected chi connectivity index (χ1v) is 6.76. The van der Waals surface area contributed by atoms with Crippen molar-refractivity contribution in [3.8, 4) is 0 Å². The fourth-order valence-electron chi connectivity index (χ4n) is 0.426. The zero-order valence-electron chi connectivity index (χ0n) is 17.0. The van der Waals surface area contributed by atoms with Gasteiger partial charge in [-0.05, 0) is 80.6 Å². The summed E-state index contributed by atoms with van der Waals surface area (Å²) in [5.74, 6) is 0. The molecule has 39 nitrogen and oxygen atoms in total. The topological polar surface area (TPSA) is 371 Å². The van der Waals surface area contributed by atoms with Gasteiger partial charge in [0.1, 0.15) is 0 Å². The van der Waals surface area contributed by atoms with E-state index in [0.29, 0.717) is 0 Å². The molecule has 0 unspecified atom stereocenters. The van der Waals surface area contributed by atoms with E-state index in [1.165, 1.54) is 0 Å². The Bertz CT molecular complexity index is 368. The maximum absolute atomic E-state index is 7.55. The van der Waals surface area contributed by atoms with Crippen molar-refractivity contribution in [3.63, 3.8) is 0 Å². The lowest BCUT2D eigenvalue weighted by molar-refractivity contribution is -0.908. The standard InChI is InChI=1S/CH4O39/c1-3-5-7-9-11-13-15-17-19-21-23-25-27-29-31-33-35-37-39-40-38-36-34-32-30-28-26-24-22-20-18-16-14-12-10-8-6-4-2/h2H,1H3. The smallest absolute Gasteiger partial charge is 0.0745 e. The minimum Gasteiger partial charge on any atom is -0.219 e. The highest BCUT2D eigenvalue weighted by Gasteiger charge is 2.03. The zero-order chi connectivity index (χ0) is 28.9. The molecule has 0 saturated heterocycles. The van der Waals surface area contributed by atoms with Crippen LogP contribution in [0.5, 0.6) is 0 Å². The number of hydrogen-bond acceptors (Lipinski definition) is 39. The molecule has 0 aromatic rings. The quantitative estimate of drug-likeness (QED) is 0.0419. The molecule has 0 bridgehead atoms. The van der Waals surface area contributed by atoms with E-state index in [4.69, 9.17) is 5.26 Å². The van der Waals surface area contributed by atoms with Crippen molar-refractivity contribution in [3.05, 3.63) is 0 Å². The highest BCUT2D eigenvalue weighted by atomic mass is 18.0. The van der Waals surface area contributed by atoms with Gasteiger partial charge in [-0.2, -0.15) is 0 Å².